The Labute approximate surface area is 95.5 Å². The molecule has 5 heteroatoms. The second-order valence-corrected chi connectivity index (χ2v) is 4.02. The van der Waals surface area contributed by atoms with Crippen LogP contribution in [0.15, 0.2) is 12.1 Å². The number of benzene rings is 1. The molecule has 0 saturated carbocycles. The number of aryl methyl sites for hydroxylation is 2. The van der Waals surface area contributed by atoms with Crippen LogP contribution in [-0.2, 0) is 0 Å². The molecular weight excluding hydrogens is 224 g/mol. The van der Waals surface area contributed by atoms with E-state index in [9.17, 15) is 8.78 Å². The van der Waals surface area contributed by atoms with Gasteiger partial charge in [-0.05, 0) is 19.9 Å². The summed E-state index contributed by atoms with van der Waals surface area (Å²) in [6.45, 7) is 3.55. The highest BCUT2D eigenvalue weighted by atomic mass is 19.1. The SMILES string of the molecule is Cc1nc(C)c2[nH]c3cc(F)cc(F)c3c2n1. The predicted molar refractivity (Wildman–Crippen MR) is 60.8 cm³/mol. The van der Waals surface area contributed by atoms with Crippen LogP contribution in [0.4, 0.5) is 8.78 Å². The minimum Gasteiger partial charge on any atom is -0.352 e. The van der Waals surface area contributed by atoms with E-state index in [-0.39, 0.29) is 0 Å². The number of halogens is 2. The molecule has 0 spiro atoms. The summed E-state index contributed by atoms with van der Waals surface area (Å²) in [5.41, 5.74) is 2.28. The second kappa shape index (κ2) is 3.23. The van der Waals surface area contributed by atoms with Crippen molar-refractivity contribution in [2.75, 3.05) is 0 Å². The van der Waals surface area contributed by atoms with Crippen molar-refractivity contribution in [3.05, 3.63) is 35.3 Å². The molecule has 3 rings (SSSR count). The number of aromatic nitrogens is 3. The zero-order valence-electron chi connectivity index (χ0n) is 9.31. The van der Waals surface area contributed by atoms with E-state index in [1.807, 2.05) is 0 Å². The number of nitrogens with zero attached hydrogens (tertiary/aromatic N) is 2. The molecule has 86 valence electrons. The molecule has 0 saturated heterocycles. The van der Waals surface area contributed by atoms with E-state index in [1.165, 1.54) is 6.07 Å². The van der Waals surface area contributed by atoms with Crippen LogP contribution in [0.1, 0.15) is 11.5 Å². The van der Waals surface area contributed by atoms with Crippen molar-refractivity contribution in [1.82, 2.24) is 15.0 Å². The molecular formula is C12H9F2N3. The molecule has 3 nitrogen and oxygen atoms in total. The molecule has 0 aliphatic heterocycles. The van der Waals surface area contributed by atoms with E-state index >= 15 is 0 Å². The first-order chi connectivity index (χ1) is 8.06. The minimum atomic E-state index is -0.608. The fourth-order valence-electron chi connectivity index (χ4n) is 2.09. The van der Waals surface area contributed by atoms with Crippen LogP contribution in [0.25, 0.3) is 21.9 Å². The van der Waals surface area contributed by atoms with Crippen molar-refractivity contribution in [2.45, 2.75) is 13.8 Å². The van der Waals surface area contributed by atoms with Gasteiger partial charge in [-0.3, -0.25) is 0 Å². The lowest BCUT2D eigenvalue weighted by Gasteiger charge is -1.97. The van der Waals surface area contributed by atoms with Crippen LogP contribution in [0, 0.1) is 25.5 Å². The molecule has 0 unspecified atom stereocenters. The first-order valence-corrected chi connectivity index (χ1v) is 5.18. The van der Waals surface area contributed by atoms with Crippen molar-refractivity contribution in [3.8, 4) is 0 Å². The molecule has 1 N–H and O–H groups in total. The normalized spacial score (nSPS) is 11.5. The van der Waals surface area contributed by atoms with Crippen LogP contribution in [0.5, 0.6) is 0 Å². The maximum absolute atomic E-state index is 13.8. The zero-order chi connectivity index (χ0) is 12.2. The van der Waals surface area contributed by atoms with Gasteiger partial charge in [0.15, 0.2) is 0 Å². The predicted octanol–water partition coefficient (Wildman–Crippen LogP) is 3.01. The third kappa shape index (κ3) is 1.39. The van der Waals surface area contributed by atoms with Gasteiger partial charge in [0, 0.05) is 6.07 Å². The average molecular weight is 233 g/mol. The van der Waals surface area contributed by atoms with Gasteiger partial charge in [-0.2, -0.15) is 0 Å². The van der Waals surface area contributed by atoms with Gasteiger partial charge in [-0.25, -0.2) is 18.7 Å². The molecule has 1 aromatic carbocycles. The topological polar surface area (TPSA) is 41.6 Å². The molecule has 2 aromatic heterocycles. The van der Waals surface area contributed by atoms with Crippen molar-refractivity contribution < 1.29 is 8.78 Å². The Morgan fingerprint density at radius 3 is 2.65 bits per heavy atom. The van der Waals surface area contributed by atoms with Crippen LogP contribution < -0.4 is 0 Å². The molecule has 0 bridgehead atoms. The summed E-state index contributed by atoms with van der Waals surface area (Å²) in [5.74, 6) is -0.646. The monoisotopic (exact) mass is 233 g/mol. The highest BCUT2D eigenvalue weighted by Crippen LogP contribution is 2.28. The van der Waals surface area contributed by atoms with Gasteiger partial charge in [0.25, 0.3) is 0 Å². The fourth-order valence-corrected chi connectivity index (χ4v) is 2.09. The molecule has 3 aromatic rings. The van der Waals surface area contributed by atoms with Gasteiger partial charge in [0.05, 0.1) is 22.1 Å². The number of rotatable bonds is 0. The molecule has 0 aliphatic carbocycles. The van der Waals surface area contributed by atoms with Gasteiger partial charge >= 0.3 is 0 Å². The number of H-pyrrole nitrogens is 1. The molecule has 17 heavy (non-hydrogen) atoms. The molecule has 2 heterocycles. The van der Waals surface area contributed by atoms with E-state index in [0.717, 1.165) is 11.8 Å². The van der Waals surface area contributed by atoms with Crippen LogP contribution >= 0.6 is 0 Å². The summed E-state index contributed by atoms with van der Waals surface area (Å²) in [7, 11) is 0. The minimum absolute atomic E-state index is 0.315. The standard InChI is InChI=1S/C12H9F2N3/c1-5-11-12(16-6(2)15-5)10-8(14)3-7(13)4-9(10)17-11/h3-4,17H,1-2H3. The summed E-state index contributed by atoms with van der Waals surface area (Å²) in [5, 5.41) is 0.315. The maximum Gasteiger partial charge on any atom is 0.137 e. The quantitative estimate of drug-likeness (QED) is 0.648. The van der Waals surface area contributed by atoms with Crippen molar-refractivity contribution in [3.63, 3.8) is 0 Å². The molecule has 0 radical (unpaired) electrons. The Kier molecular flexibility index (Phi) is 1.92. The molecule has 0 fully saturated rings. The third-order valence-electron chi connectivity index (χ3n) is 2.75. The largest absolute Gasteiger partial charge is 0.352 e. The lowest BCUT2D eigenvalue weighted by molar-refractivity contribution is 0.592. The van der Waals surface area contributed by atoms with Crippen LogP contribution in [0.2, 0.25) is 0 Å². The Morgan fingerprint density at radius 2 is 1.88 bits per heavy atom. The van der Waals surface area contributed by atoms with Gasteiger partial charge in [0.1, 0.15) is 23.0 Å². The Bertz CT molecular complexity index is 746. The lowest BCUT2D eigenvalue weighted by Crippen LogP contribution is -1.91. The summed E-state index contributed by atoms with van der Waals surface area (Å²) in [6.07, 6.45) is 0. The summed E-state index contributed by atoms with van der Waals surface area (Å²) >= 11 is 0. The number of aromatic amines is 1. The number of nitrogens with one attached hydrogen (secondary N) is 1. The van der Waals surface area contributed by atoms with Gasteiger partial charge in [-0.1, -0.05) is 0 Å². The van der Waals surface area contributed by atoms with Crippen molar-refractivity contribution in [1.29, 1.82) is 0 Å². The van der Waals surface area contributed by atoms with Gasteiger partial charge < -0.3 is 4.98 Å². The van der Waals surface area contributed by atoms with E-state index in [0.29, 0.717) is 27.8 Å². The van der Waals surface area contributed by atoms with E-state index < -0.39 is 11.6 Å². The number of fused-ring (bicyclic) bond motifs is 3. The molecule has 0 aliphatic rings. The smallest absolute Gasteiger partial charge is 0.137 e. The highest BCUT2D eigenvalue weighted by Gasteiger charge is 2.14. The molecule has 0 amide bonds. The maximum atomic E-state index is 13.8. The Balaban J connectivity index is 2.60. The van der Waals surface area contributed by atoms with E-state index in [2.05, 4.69) is 15.0 Å². The van der Waals surface area contributed by atoms with Crippen LogP contribution in [-0.4, -0.2) is 15.0 Å². The highest BCUT2D eigenvalue weighted by molar-refractivity contribution is 6.05. The van der Waals surface area contributed by atoms with Gasteiger partial charge in [0.2, 0.25) is 0 Å². The van der Waals surface area contributed by atoms with Crippen molar-refractivity contribution >= 4 is 21.9 Å². The second-order valence-electron chi connectivity index (χ2n) is 4.02. The number of hydrogen-bond acceptors (Lipinski definition) is 2. The Hall–Kier alpha value is -2.04. The Morgan fingerprint density at radius 1 is 1.12 bits per heavy atom. The summed E-state index contributed by atoms with van der Waals surface area (Å²) in [6, 6.07) is 2.12. The average Bonchev–Trinajstić information content (AvgIpc) is 2.56. The van der Waals surface area contributed by atoms with E-state index in [4.69, 9.17) is 0 Å². The third-order valence-corrected chi connectivity index (χ3v) is 2.75. The fraction of sp³-hybridized carbons (Fsp3) is 0.167. The lowest BCUT2D eigenvalue weighted by atomic mass is 10.2. The van der Waals surface area contributed by atoms with Crippen molar-refractivity contribution in [2.24, 2.45) is 0 Å². The van der Waals surface area contributed by atoms with Gasteiger partial charge in [-0.15, -0.1) is 0 Å². The first-order valence-electron chi connectivity index (χ1n) is 5.18. The summed E-state index contributed by atoms with van der Waals surface area (Å²) < 4.78 is 26.9. The first kappa shape index (κ1) is 10.1. The molecule has 0 atom stereocenters. The number of hydrogen-bond donors (Lipinski definition) is 1. The van der Waals surface area contributed by atoms with E-state index in [1.54, 1.807) is 13.8 Å². The zero-order valence-corrected chi connectivity index (χ0v) is 9.31. The van der Waals surface area contributed by atoms with Crippen LogP contribution in [0.3, 0.4) is 0 Å². The summed E-state index contributed by atoms with van der Waals surface area (Å²) in [4.78, 5) is 11.4.